The smallest absolute Gasteiger partial charge is 0.344 e. The van der Waals surface area contributed by atoms with Crippen molar-refractivity contribution in [3.63, 3.8) is 0 Å². The molecular formula is C16H19ClN2O5. The molecule has 0 saturated carbocycles. The van der Waals surface area contributed by atoms with Gasteiger partial charge in [-0.2, -0.15) is 0 Å². The van der Waals surface area contributed by atoms with Crippen LogP contribution in [0.25, 0.3) is 0 Å². The highest BCUT2D eigenvalue weighted by atomic mass is 35.5. The van der Waals surface area contributed by atoms with Gasteiger partial charge < -0.3 is 20.1 Å². The van der Waals surface area contributed by atoms with Gasteiger partial charge in [-0.15, -0.1) is 0 Å². The van der Waals surface area contributed by atoms with E-state index in [2.05, 4.69) is 0 Å². The summed E-state index contributed by atoms with van der Waals surface area (Å²) in [4.78, 5) is 36.3. The lowest BCUT2D eigenvalue weighted by atomic mass is 9.97. The summed E-state index contributed by atoms with van der Waals surface area (Å²) in [6.45, 7) is 0.113. The van der Waals surface area contributed by atoms with Crippen molar-refractivity contribution >= 4 is 29.4 Å². The van der Waals surface area contributed by atoms with Gasteiger partial charge >= 0.3 is 5.97 Å². The monoisotopic (exact) mass is 354 g/mol. The maximum absolute atomic E-state index is 12.0. The Morgan fingerprint density at radius 1 is 1.21 bits per heavy atom. The van der Waals surface area contributed by atoms with Crippen LogP contribution in [-0.2, 0) is 19.1 Å². The number of primary amides is 1. The van der Waals surface area contributed by atoms with Crippen molar-refractivity contribution < 1.29 is 23.9 Å². The number of benzene rings is 1. The second kappa shape index (κ2) is 8.54. The SMILES string of the molecule is NC(=O)[C@H]1CCCN(C(=O)COC(=O)COc2ccc(Cl)cc2)C1. The highest BCUT2D eigenvalue weighted by Gasteiger charge is 2.27. The van der Waals surface area contributed by atoms with E-state index in [1.165, 1.54) is 4.90 Å². The van der Waals surface area contributed by atoms with Crippen LogP contribution in [0.2, 0.25) is 5.02 Å². The molecule has 0 bridgehead atoms. The summed E-state index contributed by atoms with van der Waals surface area (Å²) in [7, 11) is 0. The fourth-order valence-electron chi connectivity index (χ4n) is 2.38. The lowest BCUT2D eigenvalue weighted by Crippen LogP contribution is -2.45. The number of nitrogens with zero attached hydrogens (tertiary/aromatic N) is 1. The molecule has 2 amide bonds. The summed E-state index contributed by atoms with van der Waals surface area (Å²) in [5.41, 5.74) is 5.27. The number of esters is 1. The molecule has 0 aromatic heterocycles. The van der Waals surface area contributed by atoms with Crippen LogP contribution in [0.15, 0.2) is 24.3 Å². The Kier molecular flexibility index (Phi) is 6.43. The molecular weight excluding hydrogens is 336 g/mol. The predicted octanol–water partition coefficient (Wildman–Crippen LogP) is 0.986. The molecule has 1 fully saturated rings. The highest BCUT2D eigenvalue weighted by molar-refractivity contribution is 6.30. The topological polar surface area (TPSA) is 98.9 Å². The van der Waals surface area contributed by atoms with E-state index in [4.69, 9.17) is 26.8 Å². The Morgan fingerprint density at radius 2 is 1.92 bits per heavy atom. The summed E-state index contributed by atoms with van der Waals surface area (Å²) in [6, 6.07) is 6.52. The largest absolute Gasteiger partial charge is 0.482 e. The molecule has 2 rings (SSSR count). The zero-order valence-electron chi connectivity index (χ0n) is 13.1. The van der Waals surface area contributed by atoms with Gasteiger partial charge in [-0.25, -0.2) is 4.79 Å². The van der Waals surface area contributed by atoms with Crippen LogP contribution in [-0.4, -0.2) is 49.0 Å². The van der Waals surface area contributed by atoms with Gasteiger partial charge in [-0.05, 0) is 37.1 Å². The molecule has 0 unspecified atom stereocenters. The zero-order chi connectivity index (χ0) is 17.5. The Hall–Kier alpha value is -2.28. The lowest BCUT2D eigenvalue weighted by molar-refractivity contribution is -0.154. The molecule has 1 atom stereocenters. The van der Waals surface area contributed by atoms with Crippen LogP contribution < -0.4 is 10.5 Å². The highest BCUT2D eigenvalue weighted by Crippen LogP contribution is 2.17. The quantitative estimate of drug-likeness (QED) is 0.768. The lowest BCUT2D eigenvalue weighted by Gasteiger charge is -2.31. The van der Waals surface area contributed by atoms with Crippen molar-refractivity contribution in [3.8, 4) is 5.75 Å². The molecule has 8 heteroatoms. The number of nitrogens with two attached hydrogens (primary N) is 1. The van der Waals surface area contributed by atoms with Gasteiger partial charge in [0.25, 0.3) is 5.91 Å². The number of hydrogen-bond donors (Lipinski definition) is 1. The van der Waals surface area contributed by atoms with Crippen LogP contribution >= 0.6 is 11.6 Å². The van der Waals surface area contributed by atoms with Crippen LogP contribution in [0.1, 0.15) is 12.8 Å². The van der Waals surface area contributed by atoms with Crippen LogP contribution in [0.5, 0.6) is 5.75 Å². The first-order valence-corrected chi connectivity index (χ1v) is 7.94. The normalized spacial score (nSPS) is 17.2. The van der Waals surface area contributed by atoms with Crippen molar-refractivity contribution in [2.24, 2.45) is 11.7 Å². The molecule has 1 aromatic rings. The summed E-state index contributed by atoms with van der Waals surface area (Å²) in [5.74, 6) is -1.28. The molecule has 1 aliphatic heterocycles. The van der Waals surface area contributed by atoms with E-state index in [1.54, 1.807) is 24.3 Å². The van der Waals surface area contributed by atoms with Crippen LogP contribution in [0.3, 0.4) is 0 Å². The fraction of sp³-hybridized carbons (Fsp3) is 0.438. The Bertz CT molecular complexity index is 605. The van der Waals surface area contributed by atoms with Crippen LogP contribution in [0.4, 0.5) is 0 Å². The number of carbonyl (C=O) groups is 3. The van der Waals surface area contributed by atoms with Crippen molar-refractivity contribution in [1.29, 1.82) is 0 Å². The molecule has 130 valence electrons. The van der Waals surface area contributed by atoms with E-state index in [0.717, 1.165) is 0 Å². The number of halogens is 1. The first kappa shape index (κ1) is 18.1. The van der Waals surface area contributed by atoms with Crippen molar-refractivity contribution in [1.82, 2.24) is 4.90 Å². The standard InChI is InChI=1S/C16H19ClN2O5/c17-12-3-5-13(6-4-12)23-10-15(21)24-9-14(20)19-7-1-2-11(8-19)16(18)22/h3-6,11H,1-2,7-10H2,(H2,18,22)/t11-/m0/s1. The first-order chi connectivity index (χ1) is 11.5. The van der Waals surface area contributed by atoms with E-state index in [9.17, 15) is 14.4 Å². The third kappa shape index (κ3) is 5.42. The third-order valence-electron chi connectivity index (χ3n) is 3.70. The van der Waals surface area contributed by atoms with Crippen molar-refractivity contribution in [3.05, 3.63) is 29.3 Å². The molecule has 1 saturated heterocycles. The molecule has 0 aliphatic carbocycles. The van der Waals surface area contributed by atoms with Gasteiger partial charge in [-0.1, -0.05) is 11.6 Å². The summed E-state index contributed by atoms with van der Waals surface area (Å²) >= 11 is 5.74. The van der Waals surface area contributed by atoms with E-state index in [-0.39, 0.29) is 31.6 Å². The molecule has 1 heterocycles. The maximum Gasteiger partial charge on any atom is 0.344 e. The number of likely N-dealkylation sites (tertiary alicyclic amines) is 1. The van der Waals surface area contributed by atoms with Crippen molar-refractivity contribution in [2.45, 2.75) is 12.8 Å². The second-order valence-corrected chi connectivity index (χ2v) is 5.92. The Morgan fingerprint density at radius 3 is 2.58 bits per heavy atom. The maximum atomic E-state index is 12.0. The molecule has 0 spiro atoms. The van der Waals surface area contributed by atoms with Crippen LogP contribution in [0, 0.1) is 5.92 Å². The fourth-order valence-corrected chi connectivity index (χ4v) is 2.51. The van der Waals surface area contributed by atoms with E-state index >= 15 is 0 Å². The molecule has 1 aromatic carbocycles. The molecule has 24 heavy (non-hydrogen) atoms. The molecule has 2 N–H and O–H groups in total. The Labute approximate surface area is 144 Å². The first-order valence-electron chi connectivity index (χ1n) is 7.57. The van der Waals surface area contributed by atoms with Gasteiger partial charge in [0.15, 0.2) is 13.2 Å². The number of ether oxygens (including phenoxy) is 2. The average molecular weight is 355 g/mol. The summed E-state index contributed by atoms with van der Waals surface area (Å²) < 4.78 is 10.1. The summed E-state index contributed by atoms with van der Waals surface area (Å²) in [6.07, 6.45) is 1.38. The number of carbonyl (C=O) groups excluding carboxylic acids is 3. The van der Waals surface area contributed by atoms with Gasteiger partial charge in [0.1, 0.15) is 5.75 Å². The molecule has 7 nitrogen and oxygen atoms in total. The number of rotatable bonds is 6. The zero-order valence-corrected chi connectivity index (χ0v) is 13.8. The predicted molar refractivity (Wildman–Crippen MR) is 86.4 cm³/mol. The molecule has 0 radical (unpaired) electrons. The minimum Gasteiger partial charge on any atom is -0.482 e. The minimum absolute atomic E-state index is 0.271. The third-order valence-corrected chi connectivity index (χ3v) is 3.96. The summed E-state index contributed by atoms with van der Waals surface area (Å²) in [5, 5.41) is 0.561. The second-order valence-electron chi connectivity index (χ2n) is 5.48. The van der Waals surface area contributed by atoms with Gasteiger partial charge in [0.05, 0.1) is 5.92 Å². The number of amides is 2. The van der Waals surface area contributed by atoms with Crippen molar-refractivity contribution in [2.75, 3.05) is 26.3 Å². The van der Waals surface area contributed by atoms with E-state index in [1.807, 2.05) is 0 Å². The van der Waals surface area contributed by atoms with E-state index in [0.29, 0.717) is 30.2 Å². The number of hydrogen-bond acceptors (Lipinski definition) is 5. The van der Waals surface area contributed by atoms with Gasteiger partial charge in [-0.3, -0.25) is 9.59 Å². The van der Waals surface area contributed by atoms with E-state index < -0.39 is 11.9 Å². The minimum atomic E-state index is -0.651. The van der Waals surface area contributed by atoms with Gasteiger partial charge in [0.2, 0.25) is 5.91 Å². The van der Waals surface area contributed by atoms with Gasteiger partial charge in [0, 0.05) is 18.1 Å². The molecule has 1 aliphatic rings. The number of piperidine rings is 1. The Balaban J connectivity index is 1.71. The average Bonchev–Trinajstić information content (AvgIpc) is 2.59.